The van der Waals surface area contributed by atoms with Crippen LogP contribution in [0.4, 0.5) is 0 Å². The van der Waals surface area contributed by atoms with Gasteiger partial charge in [0.05, 0.1) is 19.3 Å². The standard InChI is InChI=1S/C47H30N4/c1-2-14-31(15-3-1)34-28-35(30-36(29-34)51-43-26-10-8-22-39(43)40-23-9-11-27-44(40)51)45-48-46(41-24-12-18-32-16-4-6-20-37(32)41)50-47(49-45)42-25-13-19-33-17-5-7-21-38(33)42/h1-30H/i8D,9D,22D,23D,26D,27D. The molecule has 0 radical (unpaired) electrons. The predicted octanol–water partition coefficient (Wildman–Crippen LogP) is 11.9. The molecule has 0 bridgehead atoms. The monoisotopic (exact) mass is 656 g/mol. The molecule has 0 aliphatic rings. The van der Waals surface area contributed by atoms with Gasteiger partial charge < -0.3 is 4.57 Å². The van der Waals surface area contributed by atoms with Crippen molar-refractivity contribution in [3.05, 3.63) is 182 Å². The van der Waals surface area contributed by atoms with Crippen LogP contribution in [0.25, 0.3) is 94.3 Å². The average Bonchev–Trinajstić information content (AvgIpc) is 3.62. The van der Waals surface area contributed by atoms with Gasteiger partial charge in [-0.05, 0) is 63.0 Å². The van der Waals surface area contributed by atoms with Crippen LogP contribution in [-0.2, 0) is 0 Å². The Balaban J connectivity index is 1.32. The zero-order valence-electron chi connectivity index (χ0n) is 33.1. The van der Waals surface area contributed by atoms with Gasteiger partial charge in [0.1, 0.15) is 0 Å². The molecule has 0 atom stereocenters. The highest BCUT2D eigenvalue weighted by Crippen LogP contribution is 2.37. The Kier molecular flexibility index (Phi) is 5.47. The fourth-order valence-corrected chi connectivity index (χ4v) is 7.03. The van der Waals surface area contributed by atoms with E-state index in [-0.39, 0.29) is 58.1 Å². The minimum absolute atomic E-state index is 0.0316. The number of nitrogens with zero attached hydrogens (tertiary/aromatic N) is 4. The van der Waals surface area contributed by atoms with Crippen LogP contribution in [0.5, 0.6) is 0 Å². The summed E-state index contributed by atoms with van der Waals surface area (Å²) in [6.07, 6.45) is 0. The van der Waals surface area contributed by atoms with Crippen molar-refractivity contribution < 1.29 is 8.22 Å². The molecule has 4 heteroatoms. The number of para-hydroxylation sites is 2. The molecule has 0 aliphatic heterocycles. The Morgan fingerprint density at radius 3 is 1.51 bits per heavy atom. The first-order valence-corrected chi connectivity index (χ1v) is 16.7. The second kappa shape index (κ2) is 11.9. The van der Waals surface area contributed by atoms with Crippen molar-refractivity contribution in [2.24, 2.45) is 0 Å². The lowest BCUT2D eigenvalue weighted by Gasteiger charge is -2.15. The van der Waals surface area contributed by atoms with Crippen molar-refractivity contribution >= 4 is 43.4 Å². The Morgan fingerprint density at radius 2 is 0.902 bits per heavy atom. The second-order valence-corrected chi connectivity index (χ2v) is 12.4. The smallest absolute Gasteiger partial charge is 0.164 e. The number of fused-ring (bicyclic) bond motifs is 5. The molecule has 0 unspecified atom stereocenters. The lowest BCUT2D eigenvalue weighted by atomic mass is 10.0. The van der Waals surface area contributed by atoms with Crippen LogP contribution in [0, 0.1) is 0 Å². The maximum Gasteiger partial charge on any atom is 0.164 e. The Morgan fingerprint density at radius 1 is 0.392 bits per heavy atom. The van der Waals surface area contributed by atoms with Gasteiger partial charge in [0.25, 0.3) is 0 Å². The zero-order chi connectivity index (χ0) is 38.9. The summed E-state index contributed by atoms with van der Waals surface area (Å²) in [4.78, 5) is 15.5. The van der Waals surface area contributed by atoms with E-state index in [0.717, 1.165) is 43.8 Å². The molecule has 0 spiro atoms. The predicted molar refractivity (Wildman–Crippen MR) is 211 cm³/mol. The fraction of sp³-hybridized carbons (Fsp3) is 0. The molecule has 8 aromatic carbocycles. The van der Waals surface area contributed by atoms with E-state index in [9.17, 15) is 0 Å². The first-order valence-electron chi connectivity index (χ1n) is 19.7. The van der Waals surface area contributed by atoms with E-state index in [0.29, 0.717) is 28.7 Å². The molecular weight excluding hydrogens is 621 g/mol. The quantitative estimate of drug-likeness (QED) is 0.185. The lowest BCUT2D eigenvalue weighted by Crippen LogP contribution is -2.02. The van der Waals surface area contributed by atoms with Crippen molar-refractivity contribution in [1.82, 2.24) is 19.5 Å². The van der Waals surface area contributed by atoms with Crippen molar-refractivity contribution in [1.29, 1.82) is 0 Å². The van der Waals surface area contributed by atoms with E-state index in [1.165, 1.54) is 12.1 Å². The summed E-state index contributed by atoms with van der Waals surface area (Å²) in [6.45, 7) is 0. The number of hydrogen-bond acceptors (Lipinski definition) is 3. The summed E-state index contributed by atoms with van der Waals surface area (Å²) in [5.74, 6) is 1.39. The van der Waals surface area contributed by atoms with Gasteiger partial charge in [-0.25, -0.2) is 15.0 Å². The number of rotatable bonds is 5. The first-order chi connectivity index (χ1) is 27.7. The first kappa shape index (κ1) is 23.4. The van der Waals surface area contributed by atoms with Crippen molar-refractivity contribution in [2.75, 3.05) is 0 Å². The molecule has 238 valence electrons. The van der Waals surface area contributed by atoms with Crippen LogP contribution < -0.4 is 0 Å². The topological polar surface area (TPSA) is 43.6 Å². The normalized spacial score (nSPS) is 13.2. The zero-order valence-corrected chi connectivity index (χ0v) is 27.1. The van der Waals surface area contributed by atoms with Crippen LogP contribution in [0.15, 0.2) is 182 Å². The SMILES string of the molecule is [2H]c1cc([2H])c2c(c1[2H])c1c([2H])c([2H])cc([2H])c1n2-c1cc(-c2ccccc2)cc(-c2nc(-c3cccc4ccccc34)nc(-c3cccc4ccccc34)n2)c1. The van der Waals surface area contributed by atoms with Crippen molar-refractivity contribution in [2.45, 2.75) is 0 Å². The van der Waals surface area contributed by atoms with Gasteiger partial charge in [0.2, 0.25) is 0 Å². The molecule has 51 heavy (non-hydrogen) atoms. The molecule has 2 aromatic heterocycles. The second-order valence-electron chi connectivity index (χ2n) is 12.4. The van der Waals surface area contributed by atoms with Gasteiger partial charge in [-0.15, -0.1) is 0 Å². The Labute approximate surface area is 303 Å². The van der Waals surface area contributed by atoms with Crippen molar-refractivity contribution in [3.8, 4) is 51.0 Å². The molecule has 0 aliphatic carbocycles. The van der Waals surface area contributed by atoms with Gasteiger partial charge in [-0.3, -0.25) is 0 Å². The van der Waals surface area contributed by atoms with E-state index in [1.54, 1.807) is 4.57 Å². The minimum atomic E-state index is -0.168. The molecule has 0 N–H and O–H groups in total. The van der Waals surface area contributed by atoms with Gasteiger partial charge >= 0.3 is 0 Å². The molecular formula is C47H30N4. The van der Waals surface area contributed by atoms with E-state index >= 15 is 0 Å². The minimum Gasteiger partial charge on any atom is -0.309 e. The van der Waals surface area contributed by atoms with E-state index < -0.39 is 0 Å². The van der Waals surface area contributed by atoms with Crippen LogP contribution in [0.3, 0.4) is 0 Å². The molecule has 4 nitrogen and oxygen atoms in total. The Bertz CT molecular complexity index is 3090. The van der Waals surface area contributed by atoms with Crippen LogP contribution in [0.1, 0.15) is 8.22 Å². The highest BCUT2D eigenvalue weighted by atomic mass is 15.0. The highest BCUT2D eigenvalue weighted by molar-refractivity contribution is 6.09. The summed E-state index contributed by atoms with van der Waals surface area (Å²) in [5.41, 5.74) is 5.14. The molecule has 0 amide bonds. The molecule has 0 saturated carbocycles. The molecule has 10 aromatic rings. The number of aromatic nitrogens is 4. The van der Waals surface area contributed by atoms with Gasteiger partial charge in [0, 0.05) is 33.2 Å². The fourth-order valence-electron chi connectivity index (χ4n) is 7.03. The third-order valence-corrected chi connectivity index (χ3v) is 9.37. The van der Waals surface area contributed by atoms with Gasteiger partial charge in [-0.2, -0.15) is 0 Å². The Hall–Kier alpha value is -6.91. The number of benzene rings is 8. The van der Waals surface area contributed by atoms with E-state index in [2.05, 4.69) is 36.4 Å². The summed E-state index contributed by atoms with van der Waals surface area (Å²) >= 11 is 0. The molecule has 0 saturated heterocycles. The van der Waals surface area contributed by atoms with Crippen LogP contribution >= 0.6 is 0 Å². The summed E-state index contributed by atoms with van der Waals surface area (Å²) in [5, 5.41) is 4.48. The third kappa shape index (κ3) is 4.96. The van der Waals surface area contributed by atoms with Gasteiger partial charge in [-0.1, -0.05) is 152 Å². The highest BCUT2D eigenvalue weighted by Gasteiger charge is 2.19. The largest absolute Gasteiger partial charge is 0.309 e. The van der Waals surface area contributed by atoms with E-state index in [1.807, 2.05) is 97.1 Å². The van der Waals surface area contributed by atoms with Crippen LogP contribution in [-0.4, -0.2) is 19.5 Å². The van der Waals surface area contributed by atoms with Crippen LogP contribution in [0.2, 0.25) is 0 Å². The molecule has 2 heterocycles. The third-order valence-electron chi connectivity index (χ3n) is 9.37. The lowest BCUT2D eigenvalue weighted by molar-refractivity contribution is 1.08. The summed E-state index contributed by atoms with van der Waals surface area (Å²) < 4.78 is 54.8. The molecule has 0 fully saturated rings. The summed E-state index contributed by atoms with van der Waals surface area (Å²) in [6, 6.07) is 46.0. The van der Waals surface area contributed by atoms with Gasteiger partial charge in [0.15, 0.2) is 17.5 Å². The average molecular weight is 657 g/mol. The number of hydrogen-bond donors (Lipinski definition) is 0. The maximum absolute atomic E-state index is 9.11. The van der Waals surface area contributed by atoms with E-state index in [4.69, 9.17) is 23.2 Å². The molecule has 10 rings (SSSR count). The maximum atomic E-state index is 9.11. The summed E-state index contributed by atoms with van der Waals surface area (Å²) in [7, 11) is 0. The van der Waals surface area contributed by atoms with Crippen molar-refractivity contribution in [3.63, 3.8) is 0 Å².